The van der Waals surface area contributed by atoms with E-state index in [0.29, 0.717) is 0 Å². The van der Waals surface area contributed by atoms with E-state index in [1.54, 1.807) is 0 Å². The van der Waals surface area contributed by atoms with Crippen molar-refractivity contribution in [2.24, 2.45) is 0 Å². The second-order valence-corrected chi connectivity index (χ2v) is 5.37. The lowest BCUT2D eigenvalue weighted by Crippen LogP contribution is -2.22. The molecule has 1 rings (SSSR count). The van der Waals surface area contributed by atoms with Crippen LogP contribution in [0.3, 0.4) is 0 Å². The molecule has 0 saturated heterocycles. The summed E-state index contributed by atoms with van der Waals surface area (Å²) in [6.07, 6.45) is -5.88. The number of nitrogens with zero attached hydrogens (tertiary/aromatic N) is 1. The highest BCUT2D eigenvalue weighted by molar-refractivity contribution is 8.13. The Morgan fingerprint density at radius 1 is 1.45 bits per heavy atom. The number of rotatable bonds is 5. The molecule has 1 aromatic heterocycles. The van der Waals surface area contributed by atoms with Crippen LogP contribution in [0, 0.1) is 0 Å². The molecule has 2 unspecified atom stereocenters. The van der Waals surface area contributed by atoms with Gasteiger partial charge in [-0.1, -0.05) is 11.8 Å². The summed E-state index contributed by atoms with van der Waals surface area (Å²) in [5.74, 6) is 0.217. The number of hydrogen-bond donors (Lipinski definition) is 2. The maximum Gasteiger partial charge on any atom is 0.416 e. The molecule has 4 nitrogen and oxygen atoms in total. The molecule has 2 atom stereocenters. The molecule has 1 aromatic rings. The SMILES string of the molecule is CC(=O)SCCC(O)C(O)c1cnccc1C(F)(F)F. The number of aromatic nitrogens is 1. The maximum atomic E-state index is 12.8. The third-order valence-corrected chi connectivity index (χ3v) is 3.41. The standard InChI is InChI=1S/C12H14F3NO3S/c1-7(17)20-5-3-10(18)11(19)8-6-16-4-2-9(8)12(13,14)15/h2,4,6,10-11,18-19H,3,5H2,1H3. The molecule has 0 aromatic carbocycles. The first-order chi connectivity index (χ1) is 9.23. The van der Waals surface area contributed by atoms with E-state index in [0.717, 1.165) is 30.2 Å². The van der Waals surface area contributed by atoms with Gasteiger partial charge in [0, 0.05) is 30.6 Å². The molecule has 20 heavy (non-hydrogen) atoms. The van der Waals surface area contributed by atoms with E-state index < -0.39 is 29.5 Å². The van der Waals surface area contributed by atoms with Crippen LogP contribution < -0.4 is 0 Å². The molecule has 0 radical (unpaired) electrons. The van der Waals surface area contributed by atoms with Crippen molar-refractivity contribution >= 4 is 16.9 Å². The third kappa shape index (κ3) is 4.77. The van der Waals surface area contributed by atoms with Crippen molar-refractivity contribution in [3.8, 4) is 0 Å². The van der Waals surface area contributed by atoms with Gasteiger partial charge in [0.2, 0.25) is 0 Å². The van der Waals surface area contributed by atoms with Gasteiger partial charge in [-0.25, -0.2) is 0 Å². The number of hydrogen-bond acceptors (Lipinski definition) is 5. The minimum absolute atomic E-state index is 0.00238. The number of carbonyl (C=O) groups excluding carboxylic acids is 1. The Morgan fingerprint density at radius 3 is 2.65 bits per heavy atom. The number of pyridine rings is 1. The van der Waals surface area contributed by atoms with Gasteiger partial charge in [-0.15, -0.1) is 0 Å². The fourth-order valence-electron chi connectivity index (χ4n) is 1.59. The number of thioether (sulfide) groups is 1. The van der Waals surface area contributed by atoms with Crippen molar-refractivity contribution in [1.82, 2.24) is 4.98 Å². The zero-order chi connectivity index (χ0) is 15.3. The summed E-state index contributed by atoms with van der Waals surface area (Å²) < 4.78 is 38.3. The first-order valence-electron chi connectivity index (χ1n) is 5.74. The molecule has 0 aliphatic rings. The Bertz CT molecular complexity index is 468. The molecule has 0 fully saturated rings. The second kappa shape index (κ2) is 7.05. The fraction of sp³-hybridized carbons (Fsp3) is 0.500. The minimum atomic E-state index is -4.63. The Kier molecular flexibility index (Phi) is 5.97. The van der Waals surface area contributed by atoms with Gasteiger partial charge in [0.1, 0.15) is 6.10 Å². The number of halogens is 3. The molecule has 0 aliphatic heterocycles. The van der Waals surface area contributed by atoms with Crippen LogP contribution in [0.5, 0.6) is 0 Å². The average molecular weight is 309 g/mol. The van der Waals surface area contributed by atoms with Gasteiger partial charge >= 0.3 is 6.18 Å². The number of carbonyl (C=O) groups is 1. The Balaban J connectivity index is 2.81. The van der Waals surface area contributed by atoms with Gasteiger partial charge in [-0.2, -0.15) is 13.2 Å². The summed E-state index contributed by atoms with van der Waals surface area (Å²) in [7, 11) is 0. The molecule has 0 amide bonds. The van der Waals surface area contributed by atoms with E-state index in [-0.39, 0.29) is 17.3 Å². The van der Waals surface area contributed by atoms with Crippen LogP contribution in [0.1, 0.15) is 30.6 Å². The maximum absolute atomic E-state index is 12.8. The number of aliphatic hydroxyl groups excluding tert-OH is 2. The highest BCUT2D eigenvalue weighted by Gasteiger charge is 2.36. The fourth-order valence-corrected chi connectivity index (χ4v) is 2.24. The zero-order valence-corrected chi connectivity index (χ0v) is 11.4. The van der Waals surface area contributed by atoms with Gasteiger partial charge in [-0.3, -0.25) is 9.78 Å². The molecular formula is C12H14F3NO3S. The first kappa shape index (κ1) is 16.9. The van der Waals surface area contributed by atoms with Crippen molar-refractivity contribution in [3.63, 3.8) is 0 Å². The first-order valence-corrected chi connectivity index (χ1v) is 6.72. The number of aliphatic hydroxyl groups is 2. The van der Waals surface area contributed by atoms with E-state index in [1.165, 1.54) is 6.92 Å². The summed E-state index contributed by atoms with van der Waals surface area (Å²) in [5.41, 5.74) is -1.50. The lowest BCUT2D eigenvalue weighted by molar-refractivity contribution is -0.140. The summed E-state index contributed by atoms with van der Waals surface area (Å²) in [4.78, 5) is 14.3. The monoisotopic (exact) mass is 309 g/mol. The van der Waals surface area contributed by atoms with Gasteiger partial charge in [0.15, 0.2) is 5.12 Å². The van der Waals surface area contributed by atoms with Gasteiger partial charge in [-0.05, 0) is 12.5 Å². The topological polar surface area (TPSA) is 70.4 Å². The smallest absolute Gasteiger partial charge is 0.390 e. The predicted molar refractivity (Wildman–Crippen MR) is 68.0 cm³/mol. The second-order valence-electron chi connectivity index (χ2n) is 4.10. The summed E-state index contributed by atoms with van der Waals surface area (Å²) >= 11 is 0.934. The van der Waals surface area contributed by atoms with Crippen LogP contribution in [0.15, 0.2) is 18.5 Å². The lowest BCUT2D eigenvalue weighted by atomic mass is 9.99. The largest absolute Gasteiger partial charge is 0.416 e. The summed E-state index contributed by atoms with van der Waals surface area (Å²) in [6.45, 7) is 1.34. The molecule has 8 heteroatoms. The van der Waals surface area contributed by atoms with Crippen LogP contribution in [-0.2, 0) is 11.0 Å². The minimum Gasteiger partial charge on any atom is -0.390 e. The van der Waals surface area contributed by atoms with Crippen molar-refractivity contribution in [1.29, 1.82) is 0 Å². The van der Waals surface area contributed by atoms with Gasteiger partial charge in [0.05, 0.1) is 11.7 Å². The van der Waals surface area contributed by atoms with Crippen molar-refractivity contribution in [3.05, 3.63) is 29.6 Å². The van der Waals surface area contributed by atoms with Gasteiger partial charge in [0.25, 0.3) is 0 Å². The molecule has 0 aliphatic carbocycles. The van der Waals surface area contributed by atoms with Gasteiger partial charge < -0.3 is 10.2 Å². The van der Waals surface area contributed by atoms with Crippen LogP contribution in [0.2, 0.25) is 0 Å². The third-order valence-electron chi connectivity index (χ3n) is 2.56. The van der Waals surface area contributed by atoms with Crippen LogP contribution in [0.4, 0.5) is 13.2 Å². The quantitative estimate of drug-likeness (QED) is 0.872. The zero-order valence-electron chi connectivity index (χ0n) is 10.6. The average Bonchev–Trinajstić information content (AvgIpc) is 2.36. The Morgan fingerprint density at radius 2 is 2.10 bits per heavy atom. The van der Waals surface area contributed by atoms with Crippen molar-refractivity contribution in [2.75, 3.05) is 5.75 Å². The van der Waals surface area contributed by atoms with E-state index in [1.807, 2.05) is 0 Å². The van der Waals surface area contributed by atoms with Crippen LogP contribution >= 0.6 is 11.8 Å². The van der Waals surface area contributed by atoms with Crippen molar-refractivity contribution in [2.45, 2.75) is 31.7 Å². The van der Waals surface area contributed by atoms with E-state index in [2.05, 4.69) is 4.98 Å². The van der Waals surface area contributed by atoms with Crippen LogP contribution in [-0.4, -0.2) is 32.2 Å². The summed E-state index contributed by atoms with van der Waals surface area (Å²) in [6, 6.07) is 0.746. The van der Waals surface area contributed by atoms with E-state index in [4.69, 9.17) is 0 Å². The molecule has 0 spiro atoms. The molecule has 2 N–H and O–H groups in total. The molecule has 0 bridgehead atoms. The Hall–Kier alpha value is -1.12. The highest BCUT2D eigenvalue weighted by Crippen LogP contribution is 2.35. The lowest BCUT2D eigenvalue weighted by Gasteiger charge is -2.21. The molecule has 112 valence electrons. The predicted octanol–water partition coefficient (Wildman–Crippen LogP) is 2.16. The molecular weight excluding hydrogens is 295 g/mol. The Labute approximate surface area is 118 Å². The molecule has 0 saturated carbocycles. The summed E-state index contributed by atoms with van der Waals surface area (Å²) in [5, 5.41) is 19.4. The van der Waals surface area contributed by atoms with Crippen molar-refractivity contribution < 1.29 is 28.2 Å². The van der Waals surface area contributed by atoms with E-state index >= 15 is 0 Å². The van der Waals surface area contributed by atoms with Crippen LogP contribution in [0.25, 0.3) is 0 Å². The number of alkyl halides is 3. The highest BCUT2D eigenvalue weighted by atomic mass is 32.2. The molecule has 1 heterocycles. The van der Waals surface area contributed by atoms with E-state index in [9.17, 15) is 28.2 Å². The normalized spacial score (nSPS) is 14.9.